The first kappa shape index (κ1) is 15.8. The summed E-state index contributed by atoms with van der Waals surface area (Å²) in [5.41, 5.74) is 5.68. The molecule has 0 aliphatic carbocycles. The molecule has 0 radical (unpaired) electrons. The summed E-state index contributed by atoms with van der Waals surface area (Å²) in [5.74, 6) is 5.68. The van der Waals surface area contributed by atoms with E-state index in [1.165, 1.54) is 0 Å². The number of hydrogen-bond donors (Lipinski definition) is 2. The molecule has 1 aromatic carbocycles. The number of aromatic nitrogens is 2. The Morgan fingerprint density at radius 1 is 1.40 bits per heavy atom. The normalized spacial score (nSPS) is 12.7. The van der Waals surface area contributed by atoms with Gasteiger partial charge in [-0.2, -0.15) is 5.10 Å². The molecule has 0 bridgehead atoms. The third-order valence-electron chi connectivity index (χ3n) is 3.17. The van der Waals surface area contributed by atoms with Crippen LogP contribution in [0.15, 0.2) is 22.7 Å². The van der Waals surface area contributed by atoms with Crippen LogP contribution in [0, 0.1) is 6.92 Å². The molecule has 3 N–H and O–H groups in total. The fourth-order valence-corrected chi connectivity index (χ4v) is 3.30. The van der Waals surface area contributed by atoms with E-state index in [4.69, 9.17) is 29.0 Å². The van der Waals surface area contributed by atoms with E-state index >= 15 is 0 Å². The minimum atomic E-state index is -0.0922. The second kappa shape index (κ2) is 6.45. The molecule has 108 valence electrons. The van der Waals surface area contributed by atoms with Gasteiger partial charge in [-0.05, 0) is 37.1 Å². The largest absolute Gasteiger partial charge is 0.271 e. The van der Waals surface area contributed by atoms with Crippen LogP contribution in [-0.2, 0) is 13.5 Å². The molecule has 0 spiro atoms. The molecule has 0 saturated carbocycles. The van der Waals surface area contributed by atoms with Gasteiger partial charge in [0.1, 0.15) is 5.15 Å². The van der Waals surface area contributed by atoms with Crippen LogP contribution in [0.3, 0.4) is 0 Å². The number of nitrogens with two attached hydrogens (primary N) is 1. The van der Waals surface area contributed by atoms with E-state index in [2.05, 4.69) is 26.5 Å². The smallest absolute Gasteiger partial charge is 0.130 e. The number of rotatable bonds is 4. The van der Waals surface area contributed by atoms with Crippen LogP contribution >= 0.6 is 39.1 Å². The van der Waals surface area contributed by atoms with Crippen LogP contribution in [0.2, 0.25) is 10.2 Å². The second-order valence-electron chi connectivity index (χ2n) is 4.60. The van der Waals surface area contributed by atoms with Crippen molar-refractivity contribution in [2.45, 2.75) is 19.4 Å². The summed E-state index contributed by atoms with van der Waals surface area (Å²) in [6, 6.07) is 5.61. The summed E-state index contributed by atoms with van der Waals surface area (Å²) in [5, 5.41) is 5.59. The van der Waals surface area contributed by atoms with Gasteiger partial charge in [-0.15, -0.1) is 0 Å². The molecule has 1 unspecified atom stereocenters. The molecule has 0 aliphatic rings. The van der Waals surface area contributed by atoms with Gasteiger partial charge in [0.2, 0.25) is 0 Å². The molecule has 1 atom stereocenters. The average Bonchev–Trinajstić information content (AvgIpc) is 2.60. The van der Waals surface area contributed by atoms with Crippen LogP contribution in [0.1, 0.15) is 22.9 Å². The molecule has 1 aromatic heterocycles. The lowest BCUT2D eigenvalue weighted by Crippen LogP contribution is -2.29. The average molecular weight is 378 g/mol. The Morgan fingerprint density at radius 2 is 2.10 bits per heavy atom. The molecule has 2 aromatic rings. The van der Waals surface area contributed by atoms with Gasteiger partial charge >= 0.3 is 0 Å². The van der Waals surface area contributed by atoms with Crippen molar-refractivity contribution in [2.24, 2.45) is 12.9 Å². The van der Waals surface area contributed by atoms with E-state index in [-0.39, 0.29) is 6.04 Å². The number of benzene rings is 1. The summed E-state index contributed by atoms with van der Waals surface area (Å²) >= 11 is 15.8. The van der Waals surface area contributed by atoms with Crippen molar-refractivity contribution in [3.8, 4) is 0 Å². The first-order valence-corrected chi connectivity index (χ1v) is 7.57. The van der Waals surface area contributed by atoms with Gasteiger partial charge in [0.25, 0.3) is 0 Å². The van der Waals surface area contributed by atoms with Gasteiger partial charge in [0.05, 0.1) is 11.7 Å². The lowest BCUT2D eigenvalue weighted by atomic mass is 10.00. The lowest BCUT2D eigenvalue weighted by molar-refractivity contribution is 0.550. The third kappa shape index (κ3) is 3.35. The number of nitrogens with zero attached hydrogens (tertiary/aromatic N) is 2. The van der Waals surface area contributed by atoms with Crippen LogP contribution in [0.5, 0.6) is 0 Å². The lowest BCUT2D eigenvalue weighted by Gasteiger charge is -2.17. The van der Waals surface area contributed by atoms with Crippen molar-refractivity contribution in [1.82, 2.24) is 15.2 Å². The third-order valence-corrected chi connectivity index (χ3v) is 4.32. The Bertz CT molecular complexity index is 607. The SMILES string of the molecule is Cc1nn(C)c(Cl)c1CC(NN)c1cc(Cl)cc(Br)c1. The van der Waals surface area contributed by atoms with Crippen molar-refractivity contribution < 1.29 is 0 Å². The van der Waals surface area contributed by atoms with Crippen molar-refractivity contribution in [3.05, 3.63) is 49.7 Å². The van der Waals surface area contributed by atoms with Crippen LogP contribution in [0.4, 0.5) is 0 Å². The summed E-state index contributed by atoms with van der Waals surface area (Å²) in [6.07, 6.45) is 0.641. The van der Waals surface area contributed by atoms with E-state index in [0.717, 1.165) is 21.3 Å². The van der Waals surface area contributed by atoms with Crippen molar-refractivity contribution in [2.75, 3.05) is 0 Å². The first-order chi connectivity index (χ1) is 9.42. The van der Waals surface area contributed by atoms with Gasteiger partial charge in [0, 0.05) is 22.1 Å². The number of hydrazine groups is 1. The Kier molecular flexibility index (Phi) is 5.09. The molecule has 20 heavy (non-hydrogen) atoms. The predicted molar refractivity (Wildman–Crippen MR) is 85.9 cm³/mol. The van der Waals surface area contributed by atoms with E-state index in [1.54, 1.807) is 4.68 Å². The molecule has 0 amide bonds. The van der Waals surface area contributed by atoms with E-state index < -0.39 is 0 Å². The standard InChI is InChI=1S/C13H15BrCl2N4/c1-7-11(13(16)20(2)19-7)6-12(18-17)8-3-9(14)5-10(15)4-8/h3-5,12,18H,6,17H2,1-2H3. The molecule has 1 heterocycles. The van der Waals surface area contributed by atoms with Gasteiger partial charge in [-0.1, -0.05) is 39.1 Å². The zero-order valence-corrected chi connectivity index (χ0v) is 14.2. The number of aryl methyl sites for hydroxylation is 2. The highest BCUT2D eigenvalue weighted by Gasteiger charge is 2.18. The van der Waals surface area contributed by atoms with Crippen LogP contribution in [-0.4, -0.2) is 9.78 Å². The highest BCUT2D eigenvalue weighted by Crippen LogP contribution is 2.28. The zero-order chi connectivity index (χ0) is 14.9. The highest BCUT2D eigenvalue weighted by atomic mass is 79.9. The van der Waals surface area contributed by atoms with Crippen molar-refractivity contribution in [1.29, 1.82) is 0 Å². The van der Waals surface area contributed by atoms with E-state index in [0.29, 0.717) is 16.6 Å². The fourth-order valence-electron chi connectivity index (χ4n) is 2.16. The van der Waals surface area contributed by atoms with Gasteiger partial charge in [-0.25, -0.2) is 0 Å². The molecule has 7 heteroatoms. The Hall–Kier alpha value is -0.590. The molecule has 4 nitrogen and oxygen atoms in total. The minimum absolute atomic E-state index is 0.0922. The Morgan fingerprint density at radius 3 is 2.60 bits per heavy atom. The van der Waals surface area contributed by atoms with Gasteiger partial charge in [-0.3, -0.25) is 16.0 Å². The van der Waals surface area contributed by atoms with Gasteiger partial charge < -0.3 is 0 Å². The van der Waals surface area contributed by atoms with Crippen LogP contribution < -0.4 is 11.3 Å². The van der Waals surface area contributed by atoms with Crippen molar-refractivity contribution >= 4 is 39.1 Å². The maximum atomic E-state index is 6.26. The molecular formula is C13H15BrCl2N4. The monoisotopic (exact) mass is 376 g/mol. The van der Waals surface area contributed by atoms with E-state index in [1.807, 2.05) is 32.2 Å². The number of hydrogen-bond acceptors (Lipinski definition) is 3. The number of nitrogens with one attached hydrogen (secondary N) is 1. The molecular weight excluding hydrogens is 363 g/mol. The molecule has 0 fully saturated rings. The topological polar surface area (TPSA) is 55.9 Å². The van der Waals surface area contributed by atoms with Crippen LogP contribution in [0.25, 0.3) is 0 Å². The summed E-state index contributed by atoms with van der Waals surface area (Å²) in [6.45, 7) is 1.93. The molecule has 2 rings (SSSR count). The maximum Gasteiger partial charge on any atom is 0.130 e. The second-order valence-corrected chi connectivity index (χ2v) is 6.31. The summed E-state index contributed by atoms with van der Waals surface area (Å²) in [7, 11) is 1.82. The maximum absolute atomic E-state index is 6.26. The quantitative estimate of drug-likeness (QED) is 0.632. The zero-order valence-electron chi connectivity index (χ0n) is 11.1. The molecule has 0 saturated heterocycles. The summed E-state index contributed by atoms with van der Waals surface area (Å²) < 4.78 is 2.57. The fraction of sp³-hybridized carbons (Fsp3) is 0.308. The predicted octanol–water partition coefficient (Wildman–Crippen LogP) is 3.54. The van der Waals surface area contributed by atoms with Crippen molar-refractivity contribution in [3.63, 3.8) is 0 Å². The highest BCUT2D eigenvalue weighted by molar-refractivity contribution is 9.10. The number of halogens is 3. The van der Waals surface area contributed by atoms with Gasteiger partial charge in [0.15, 0.2) is 0 Å². The Balaban J connectivity index is 2.33. The Labute approximate surface area is 136 Å². The minimum Gasteiger partial charge on any atom is -0.271 e. The summed E-state index contributed by atoms with van der Waals surface area (Å²) in [4.78, 5) is 0. The molecule has 0 aliphatic heterocycles. The van der Waals surface area contributed by atoms with E-state index in [9.17, 15) is 0 Å². The first-order valence-electron chi connectivity index (χ1n) is 6.02.